The first-order valence-corrected chi connectivity index (χ1v) is 7.76. The lowest BCUT2D eigenvalue weighted by Crippen LogP contribution is -2.45. The molecule has 2 heteroatoms. The molecule has 0 aromatic rings. The molecule has 1 saturated carbocycles. The van der Waals surface area contributed by atoms with Crippen molar-refractivity contribution in [2.45, 2.75) is 59.3 Å². The van der Waals surface area contributed by atoms with Crippen LogP contribution in [0.3, 0.4) is 0 Å². The van der Waals surface area contributed by atoms with E-state index in [1.165, 1.54) is 38.6 Å². The van der Waals surface area contributed by atoms with Gasteiger partial charge in [-0.2, -0.15) is 0 Å². The molecule has 2 nitrogen and oxygen atoms in total. The van der Waals surface area contributed by atoms with Gasteiger partial charge in [0.2, 0.25) is 0 Å². The molecule has 2 rings (SSSR count). The Morgan fingerprint density at radius 2 is 2.00 bits per heavy atom. The average Bonchev–Trinajstić information content (AvgIpc) is 2.71. The lowest BCUT2D eigenvalue weighted by molar-refractivity contribution is -0.126. The minimum atomic E-state index is 0.260. The van der Waals surface area contributed by atoms with Gasteiger partial charge in [0, 0.05) is 32.0 Å². The molecule has 1 saturated heterocycles. The molecule has 2 aliphatic rings. The van der Waals surface area contributed by atoms with E-state index in [9.17, 15) is 4.79 Å². The first-order chi connectivity index (χ1) is 8.51. The summed E-state index contributed by atoms with van der Waals surface area (Å²) in [7, 11) is 0. The lowest BCUT2D eigenvalue weighted by atomic mass is 9.77. The molecule has 2 fully saturated rings. The second kappa shape index (κ2) is 5.73. The smallest absolute Gasteiger partial charge is 0.138 e. The second-order valence-electron chi connectivity index (χ2n) is 7.16. The highest BCUT2D eigenvalue weighted by Gasteiger charge is 2.37. The highest BCUT2D eigenvalue weighted by molar-refractivity contribution is 5.81. The van der Waals surface area contributed by atoms with Crippen molar-refractivity contribution in [2.75, 3.05) is 19.6 Å². The van der Waals surface area contributed by atoms with Crippen LogP contribution in [0, 0.1) is 17.3 Å². The first-order valence-electron chi connectivity index (χ1n) is 7.76. The third-order valence-corrected chi connectivity index (χ3v) is 4.82. The largest absolute Gasteiger partial charge is 0.302 e. The molecular weight excluding hydrogens is 222 g/mol. The highest BCUT2D eigenvalue weighted by atomic mass is 16.1. The fourth-order valence-electron chi connectivity index (χ4n) is 4.13. The first kappa shape index (κ1) is 14.0. The van der Waals surface area contributed by atoms with E-state index in [0.717, 1.165) is 25.4 Å². The molecule has 0 bridgehead atoms. The van der Waals surface area contributed by atoms with E-state index in [-0.39, 0.29) is 5.92 Å². The summed E-state index contributed by atoms with van der Waals surface area (Å²) in [6, 6.07) is 0. The van der Waals surface area contributed by atoms with Crippen molar-refractivity contribution in [3.8, 4) is 0 Å². The van der Waals surface area contributed by atoms with Crippen molar-refractivity contribution in [3.63, 3.8) is 0 Å². The molecule has 104 valence electrons. The highest BCUT2D eigenvalue weighted by Crippen LogP contribution is 2.44. The molecular formula is C16H29NO. The van der Waals surface area contributed by atoms with E-state index >= 15 is 0 Å². The number of hydrogen-bond donors (Lipinski definition) is 0. The Balaban J connectivity index is 1.95. The van der Waals surface area contributed by atoms with Crippen LogP contribution < -0.4 is 0 Å². The van der Waals surface area contributed by atoms with Gasteiger partial charge in [-0.3, -0.25) is 4.79 Å². The van der Waals surface area contributed by atoms with Crippen LogP contribution >= 0.6 is 0 Å². The van der Waals surface area contributed by atoms with Gasteiger partial charge in [-0.1, -0.05) is 33.6 Å². The summed E-state index contributed by atoms with van der Waals surface area (Å²) in [6.45, 7) is 10.0. The van der Waals surface area contributed by atoms with E-state index in [1.807, 2.05) is 0 Å². The predicted octanol–water partition coefficient (Wildman–Crippen LogP) is 3.50. The Morgan fingerprint density at radius 3 is 2.56 bits per heavy atom. The molecule has 0 spiro atoms. The van der Waals surface area contributed by atoms with Gasteiger partial charge >= 0.3 is 0 Å². The minimum Gasteiger partial charge on any atom is -0.302 e. The summed E-state index contributed by atoms with van der Waals surface area (Å²) >= 11 is 0. The number of hydrogen-bond acceptors (Lipinski definition) is 2. The molecule has 1 atom stereocenters. The normalized spacial score (nSPS) is 29.1. The van der Waals surface area contributed by atoms with Gasteiger partial charge in [-0.05, 0) is 30.6 Å². The van der Waals surface area contributed by atoms with Gasteiger partial charge in [0.15, 0.2) is 0 Å². The number of likely N-dealkylation sites (tertiary alicyclic amines) is 1. The van der Waals surface area contributed by atoms with Crippen LogP contribution in [0.25, 0.3) is 0 Å². The Bertz CT molecular complexity index is 291. The zero-order valence-electron chi connectivity index (χ0n) is 12.4. The molecule has 1 aliphatic heterocycles. The van der Waals surface area contributed by atoms with Crippen LogP contribution in [0.5, 0.6) is 0 Å². The number of nitrogens with zero attached hydrogens (tertiary/aromatic N) is 1. The summed E-state index contributed by atoms with van der Waals surface area (Å²) in [5, 5.41) is 0. The molecule has 1 unspecified atom stereocenters. The van der Waals surface area contributed by atoms with Crippen molar-refractivity contribution >= 4 is 5.78 Å². The molecule has 0 aromatic carbocycles. The monoisotopic (exact) mass is 251 g/mol. The third-order valence-electron chi connectivity index (χ3n) is 4.82. The van der Waals surface area contributed by atoms with Crippen LogP contribution in [0.4, 0.5) is 0 Å². The molecule has 0 aromatic heterocycles. The molecule has 1 heterocycles. The second-order valence-corrected chi connectivity index (χ2v) is 7.16. The van der Waals surface area contributed by atoms with Crippen molar-refractivity contribution in [2.24, 2.45) is 17.3 Å². The van der Waals surface area contributed by atoms with Crippen LogP contribution in [-0.4, -0.2) is 30.3 Å². The molecule has 18 heavy (non-hydrogen) atoms. The van der Waals surface area contributed by atoms with E-state index in [2.05, 4.69) is 25.7 Å². The quantitative estimate of drug-likeness (QED) is 0.762. The van der Waals surface area contributed by atoms with Crippen molar-refractivity contribution < 1.29 is 4.79 Å². The summed E-state index contributed by atoms with van der Waals surface area (Å²) in [5.74, 6) is 1.53. The van der Waals surface area contributed by atoms with E-state index in [0.29, 0.717) is 11.2 Å². The topological polar surface area (TPSA) is 20.3 Å². The number of rotatable bonds is 4. The maximum absolute atomic E-state index is 11.6. The van der Waals surface area contributed by atoms with Crippen molar-refractivity contribution in [3.05, 3.63) is 0 Å². The maximum atomic E-state index is 11.6. The van der Waals surface area contributed by atoms with Crippen LogP contribution in [-0.2, 0) is 4.79 Å². The zero-order valence-corrected chi connectivity index (χ0v) is 12.4. The molecule has 1 aliphatic carbocycles. The number of carbonyl (C=O) groups excluding carboxylic acids is 1. The van der Waals surface area contributed by atoms with Gasteiger partial charge in [0.05, 0.1) is 0 Å². The standard InChI is InChI=1S/C16H29NO/c1-13(2)10-16(7-4-5-8-16)12-17-9-6-15(18)14(3)11-17/h13-14H,4-12H2,1-3H3. The molecule has 0 radical (unpaired) electrons. The Kier molecular flexibility index (Phi) is 4.47. The summed E-state index contributed by atoms with van der Waals surface area (Å²) < 4.78 is 0. The van der Waals surface area contributed by atoms with E-state index in [1.54, 1.807) is 0 Å². The molecule has 0 amide bonds. The van der Waals surface area contributed by atoms with Crippen LogP contribution in [0.2, 0.25) is 0 Å². The zero-order chi connectivity index (χ0) is 13.2. The minimum absolute atomic E-state index is 0.260. The van der Waals surface area contributed by atoms with Gasteiger partial charge < -0.3 is 4.90 Å². The van der Waals surface area contributed by atoms with Gasteiger partial charge in [-0.15, -0.1) is 0 Å². The van der Waals surface area contributed by atoms with Gasteiger partial charge in [-0.25, -0.2) is 0 Å². The third kappa shape index (κ3) is 3.34. The maximum Gasteiger partial charge on any atom is 0.138 e. The van der Waals surface area contributed by atoms with E-state index in [4.69, 9.17) is 0 Å². The number of piperidine rings is 1. The average molecular weight is 251 g/mol. The number of ketones is 1. The van der Waals surface area contributed by atoms with Crippen molar-refractivity contribution in [1.82, 2.24) is 4.90 Å². The SMILES string of the molecule is CC(C)CC1(CN2CCC(=O)C(C)C2)CCCC1. The van der Waals surface area contributed by atoms with E-state index < -0.39 is 0 Å². The van der Waals surface area contributed by atoms with Crippen molar-refractivity contribution in [1.29, 1.82) is 0 Å². The summed E-state index contributed by atoms with van der Waals surface area (Å²) in [4.78, 5) is 14.2. The Morgan fingerprint density at radius 1 is 1.33 bits per heavy atom. The summed E-state index contributed by atoms with van der Waals surface area (Å²) in [5.41, 5.74) is 0.564. The predicted molar refractivity (Wildman–Crippen MR) is 75.6 cm³/mol. The number of Topliss-reactive ketones (excluding diaryl/α,β-unsaturated/α-hetero) is 1. The molecule has 0 N–H and O–H groups in total. The van der Waals surface area contributed by atoms with Gasteiger partial charge in [0.1, 0.15) is 5.78 Å². The van der Waals surface area contributed by atoms with Crippen LogP contribution in [0.1, 0.15) is 59.3 Å². The van der Waals surface area contributed by atoms with Crippen LogP contribution in [0.15, 0.2) is 0 Å². The number of carbonyl (C=O) groups is 1. The lowest BCUT2D eigenvalue weighted by Gasteiger charge is -2.39. The van der Waals surface area contributed by atoms with Gasteiger partial charge in [0.25, 0.3) is 0 Å². The Labute approximate surface area is 112 Å². The Hall–Kier alpha value is -0.370. The summed E-state index contributed by atoms with van der Waals surface area (Å²) in [6.07, 6.45) is 7.78. The fraction of sp³-hybridized carbons (Fsp3) is 0.938. The fourth-order valence-corrected chi connectivity index (χ4v) is 4.13.